The van der Waals surface area contributed by atoms with Gasteiger partial charge in [0.15, 0.2) is 5.52 Å². The second-order valence-electron chi connectivity index (χ2n) is 2.27. The van der Waals surface area contributed by atoms with E-state index < -0.39 is 0 Å². The fourth-order valence-corrected chi connectivity index (χ4v) is 0.946. The van der Waals surface area contributed by atoms with Gasteiger partial charge in [-0.25, -0.2) is 4.98 Å². The molecule has 0 bridgehead atoms. The Morgan fingerprint density at radius 3 is 3.00 bits per heavy atom. The van der Waals surface area contributed by atoms with Gasteiger partial charge in [-0.2, -0.15) is 0 Å². The Bertz CT molecular complexity index is 435. The standard InChI is InChI=1S/C5H6N6O/c6-3-2-4(9-1-8-2)10-5(7)11(3)12/h1,12H,(H4,6,7,8,9,10)/p+1. The summed E-state index contributed by atoms with van der Waals surface area (Å²) in [6, 6.07) is 0. The Kier molecular flexibility index (Phi) is 1.09. The molecule has 62 valence electrons. The van der Waals surface area contributed by atoms with Crippen molar-refractivity contribution in [2.45, 2.75) is 0 Å². The number of nitrogens with one attached hydrogen (secondary N) is 1. The van der Waals surface area contributed by atoms with Gasteiger partial charge in [-0.15, -0.1) is 0 Å². The number of nitrogens with zero attached hydrogens (tertiary/aromatic N) is 3. The van der Waals surface area contributed by atoms with Crippen LogP contribution in [0.15, 0.2) is 6.33 Å². The van der Waals surface area contributed by atoms with Crippen LogP contribution in [0, 0.1) is 0 Å². The lowest BCUT2D eigenvalue weighted by atomic mass is 10.5. The van der Waals surface area contributed by atoms with Crippen molar-refractivity contribution < 1.29 is 9.94 Å². The van der Waals surface area contributed by atoms with Crippen LogP contribution in [-0.2, 0) is 0 Å². The van der Waals surface area contributed by atoms with Crippen molar-refractivity contribution in [1.82, 2.24) is 15.0 Å². The number of nitrogens with two attached hydrogens (primary N) is 2. The molecule has 0 aliphatic heterocycles. The number of hydrogen-bond acceptors (Lipinski definition) is 5. The van der Waals surface area contributed by atoms with Crippen LogP contribution >= 0.6 is 0 Å². The van der Waals surface area contributed by atoms with E-state index in [2.05, 4.69) is 15.0 Å². The summed E-state index contributed by atoms with van der Waals surface area (Å²) in [6.07, 6.45) is 1.42. The predicted octanol–water partition coefficient (Wildman–Crippen LogP) is -1.35. The van der Waals surface area contributed by atoms with Crippen molar-refractivity contribution in [2.75, 3.05) is 11.5 Å². The summed E-state index contributed by atoms with van der Waals surface area (Å²) in [5, 5.41) is 9.18. The van der Waals surface area contributed by atoms with E-state index in [0.29, 0.717) is 15.9 Å². The number of anilines is 2. The summed E-state index contributed by atoms with van der Waals surface area (Å²) < 4.78 is 0.598. The minimum atomic E-state index is -0.0906. The second-order valence-corrected chi connectivity index (χ2v) is 2.27. The lowest BCUT2D eigenvalue weighted by molar-refractivity contribution is -0.882. The minimum Gasteiger partial charge on any atom is -0.382 e. The molecule has 0 fully saturated rings. The van der Waals surface area contributed by atoms with Gasteiger partial charge >= 0.3 is 5.95 Å². The Labute approximate surface area is 66.6 Å². The Hall–Kier alpha value is -2.05. The fraction of sp³-hybridized carbons (Fsp3) is 0. The second kappa shape index (κ2) is 1.97. The van der Waals surface area contributed by atoms with Gasteiger partial charge in [0, 0.05) is 0 Å². The molecule has 2 rings (SSSR count). The van der Waals surface area contributed by atoms with Crippen molar-refractivity contribution in [3.8, 4) is 0 Å². The first kappa shape index (κ1) is 6.65. The zero-order valence-corrected chi connectivity index (χ0v) is 6.02. The molecular formula is C5H7N6O+. The van der Waals surface area contributed by atoms with Crippen molar-refractivity contribution in [2.24, 2.45) is 0 Å². The number of H-pyrrole nitrogens is 1. The zero-order chi connectivity index (χ0) is 8.72. The van der Waals surface area contributed by atoms with E-state index in [1.165, 1.54) is 6.33 Å². The number of rotatable bonds is 0. The maximum Gasteiger partial charge on any atom is 0.383 e. The number of hydrogen-bond donors (Lipinski definition) is 4. The largest absolute Gasteiger partial charge is 0.383 e. The summed E-state index contributed by atoms with van der Waals surface area (Å²) >= 11 is 0. The first-order valence-corrected chi connectivity index (χ1v) is 3.19. The van der Waals surface area contributed by atoms with Gasteiger partial charge < -0.3 is 21.7 Å². The topological polar surface area (TPSA) is 118 Å². The summed E-state index contributed by atoms with van der Waals surface area (Å²) in [6.45, 7) is 0. The SMILES string of the molecule is Nc1nc2nc[nH]c2c(N)[n+]1O. The zero-order valence-electron chi connectivity index (χ0n) is 6.02. The van der Waals surface area contributed by atoms with Gasteiger partial charge in [0.05, 0.1) is 6.33 Å². The van der Waals surface area contributed by atoms with Gasteiger partial charge in [0.2, 0.25) is 5.65 Å². The lowest BCUT2D eigenvalue weighted by Gasteiger charge is -1.96. The van der Waals surface area contributed by atoms with Crippen LogP contribution in [-0.4, -0.2) is 20.2 Å². The molecule has 6 N–H and O–H groups in total. The highest BCUT2D eigenvalue weighted by atomic mass is 16.5. The monoisotopic (exact) mass is 167 g/mol. The van der Waals surface area contributed by atoms with E-state index in [0.717, 1.165) is 0 Å². The van der Waals surface area contributed by atoms with Crippen LogP contribution in [0.2, 0.25) is 0 Å². The van der Waals surface area contributed by atoms with E-state index in [4.69, 9.17) is 11.5 Å². The van der Waals surface area contributed by atoms with Crippen molar-refractivity contribution >= 4 is 22.9 Å². The smallest absolute Gasteiger partial charge is 0.382 e. The van der Waals surface area contributed by atoms with Crippen molar-refractivity contribution in [3.05, 3.63) is 6.33 Å². The van der Waals surface area contributed by atoms with Gasteiger partial charge in [0.1, 0.15) is 0 Å². The van der Waals surface area contributed by atoms with Crippen LogP contribution < -0.4 is 16.2 Å². The molecule has 0 unspecified atom stereocenters. The molecule has 0 aromatic carbocycles. The number of imidazole rings is 1. The Balaban J connectivity index is 2.94. The molecule has 0 aliphatic rings. The first-order chi connectivity index (χ1) is 5.70. The van der Waals surface area contributed by atoms with E-state index in [1.807, 2.05) is 0 Å². The van der Waals surface area contributed by atoms with Gasteiger partial charge in [-0.3, -0.25) is 0 Å². The molecule has 2 aromatic heterocycles. The molecule has 12 heavy (non-hydrogen) atoms. The number of fused-ring (bicyclic) bond motifs is 1. The maximum atomic E-state index is 9.18. The number of aromatic amines is 1. The van der Waals surface area contributed by atoms with Gasteiger partial charge in [-0.1, -0.05) is 4.98 Å². The molecule has 2 heterocycles. The van der Waals surface area contributed by atoms with Gasteiger partial charge in [0.25, 0.3) is 5.82 Å². The molecule has 0 saturated carbocycles. The Morgan fingerprint density at radius 2 is 2.25 bits per heavy atom. The summed E-state index contributed by atoms with van der Waals surface area (Å²) in [5.74, 6) is 0.00194. The van der Waals surface area contributed by atoms with E-state index >= 15 is 0 Å². The van der Waals surface area contributed by atoms with Crippen LogP contribution in [0.1, 0.15) is 0 Å². The minimum absolute atomic E-state index is 0.0906. The number of aromatic nitrogens is 4. The van der Waals surface area contributed by atoms with Crippen molar-refractivity contribution in [1.29, 1.82) is 0 Å². The van der Waals surface area contributed by atoms with E-state index in [-0.39, 0.29) is 11.8 Å². The summed E-state index contributed by atoms with van der Waals surface area (Å²) in [5.41, 5.74) is 11.6. The highest BCUT2D eigenvalue weighted by Crippen LogP contribution is 2.10. The van der Waals surface area contributed by atoms with Crippen LogP contribution in [0.3, 0.4) is 0 Å². The molecule has 0 aliphatic carbocycles. The fourth-order valence-electron chi connectivity index (χ4n) is 0.946. The molecule has 0 atom stereocenters. The highest BCUT2D eigenvalue weighted by Gasteiger charge is 2.15. The molecule has 0 spiro atoms. The average Bonchev–Trinajstić information content (AvgIpc) is 2.48. The van der Waals surface area contributed by atoms with Gasteiger partial charge in [-0.05, 0) is 4.73 Å². The first-order valence-electron chi connectivity index (χ1n) is 3.19. The third-order valence-electron chi connectivity index (χ3n) is 1.54. The normalized spacial score (nSPS) is 10.7. The Morgan fingerprint density at radius 1 is 1.50 bits per heavy atom. The maximum absolute atomic E-state index is 9.18. The highest BCUT2D eigenvalue weighted by molar-refractivity contribution is 5.79. The van der Waals surface area contributed by atoms with Crippen molar-refractivity contribution in [3.63, 3.8) is 0 Å². The van der Waals surface area contributed by atoms with Crippen LogP contribution in [0.5, 0.6) is 0 Å². The molecule has 7 heteroatoms. The summed E-state index contributed by atoms with van der Waals surface area (Å²) in [4.78, 5) is 10.3. The number of nitrogen functional groups attached to an aromatic ring is 2. The third kappa shape index (κ3) is 0.669. The molecule has 0 radical (unpaired) electrons. The molecule has 7 nitrogen and oxygen atoms in total. The van der Waals surface area contributed by atoms with Crippen LogP contribution in [0.4, 0.5) is 11.8 Å². The predicted molar refractivity (Wildman–Crippen MR) is 40.1 cm³/mol. The lowest BCUT2D eigenvalue weighted by Crippen LogP contribution is -2.38. The van der Waals surface area contributed by atoms with Crippen LogP contribution in [0.25, 0.3) is 11.2 Å². The molecule has 0 amide bonds. The average molecular weight is 167 g/mol. The summed E-state index contributed by atoms with van der Waals surface area (Å²) in [7, 11) is 0. The van der Waals surface area contributed by atoms with E-state index in [1.54, 1.807) is 0 Å². The molecule has 2 aromatic rings. The molecular weight excluding hydrogens is 160 g/mol. The quantitative estimate of drug-likeness (QED) is 0.285. The third-order valence-corrected chi connectivity index (χ3v) is 1.54. The molecule has 0 saturated heterocycles. The van der Waals surface area contributed by atoms with E-state index in [9.17, 15) is 5.21 Å².